The third kappa shape index (κ3) is 7.46. The molecule has 0 amide bonds. The lowest BCUT2D eigenvalue weighted by Gasteiger charge is -2.18. The van der Waals surface area contributed by atoms with Gasteiger partial charge in [0.05, 0.1) is 0 Å². The second-order valence-electron chi connectivity index (χ2n) is 6.93. The minimum Gasteiger partial charge on any atom is -0.426 e. The van der Waals surface area contributed by atoms with Crippen LogP contribution in [0.3, 0.4) is 0 Å². The maximum atomic E-state index is 12.4. The second kappa shape index (κ2) is 12.2. The highest BCUT2D eigenvalue weighted by atomic mass is 16.7. The van der Waals surface area contributed by atoms with Crippen molar-refractivity contribution in [1.29, 1.82) is 0 Å². The van der Waals surface area contributed by atoms with Crippen LogP contribution in [0.25, 0.3) is 0 Å². The van der Waals surface area contributed by atoms with Crippen molar-refractivity contribution >= 4 is 6.16 Å². The molecule has 2 aromatic carbocycles. The zero-order valence-corrected chi connectivity index (χ0v) is 16.7. The van der Waals surface area contributed by atoms with E-state index in [0.29, 0.717) is 5.75 Å². The number of carbonyl (C=O) groups is 1. The summed E-state index contributed by atoms with van der Waals surface area (Å²) >= 11 is 0. The Morgan fingerprint density at radius 3 is 2.30 bits per heavy atom. The monoisotopic (exact) mass is 368 g/mol. The van der Waals surface area contributed by atoms with Gasteiger partial charge in [-0.15, -0.1) is 0 Å². The Labute approximate surface area is 163 Å². The van der Waals surface area contributed by atoms with Crippen LogP contribution in [0.5, 0.6) is 5.75 Å². The number of unbranched alkanes of at least 4 members (excludes halogenated alkanes) is 4. The van der Waals surface area contributed by atoms with E-state index in [1.807, 2.05) is 54.6 Å². The molecule has 1 unspecified atom stereocenters. The van der Waals surface area contributed by atoms with E-state index in [1.54, 1.807) is 0 Å². The van der Waals surface area contributed by atoms with Crippen molar-refractivity contribution in [3.63, 3.8) is 0 Å². The van der Waals surface area contributed by atoms with E-state index in [4.69, 9.17) is 9.47 Å². The highest BCUT2D eigenvalue weighted by Crippen LogP contribution is 2.26. The quantitative estimate of drug-likeness (QED) is 0.238. The predicted molar refractivity (Wildman–Crippen MR) is 110 cm³/mol. The van der Waals surface area contributed by atoms with Gasteiger partial charge < -0.3 is 9.47 Å². The zero-order chi connectivity index (χ0) is 19.3. The summed E-state index contributed by atoms with van der Waals surface area (Å²) in [7, 11) is 0. The maximum Gasteiger partial charge on any atom is 0.514 e. The average molecular weight is 369 g/mol. The normalized spacial score (nSPS) is 11.8. The van der Waals surface area contributed by atoms with Crippen molar-refractivity contribution in [3.05, 3.63) is 65.7 Å². The van der Waals surface area contributed by atoms with Gasteiger partial charge in [0.2, 0.25) is 0 Å². The number of rotatable bonds is 11. The predicted octanol–water partition coefficient (Wildman–Crippen LogP) is 7.26. The fourth-order valence-corrected chi connectivity index (χ4v) is 3.20. The van der Waals surface area contributed by atoms with Gasteiger partial charge >= 0.3 is 6.16 Å². The number of hydrogen-bond donors (Lipinski definition) is 0. The standard InChI is InChI=1S/C24H32O3/c1-3-5-6-7-11-18-23(21-15-9-8-10-16-21)27-24(25)26-22-19-13-12-17-20(22)14-4-2/h8-10,12-13,15-17,19,23H,3-7,11,14,18H2,1-2H3. The lowest BCUT2D eigenvalue weighted by Crippen LogP contribution is -2.16. The molecule has 0 fully saturated rings. The smallest absolute Gasteiger partial charge is 0.426 e. The molecule has 0 aliphatic rings. The Balaban J connectivity index is 1.98. The molecule has 0 spiro atoms. The number of ether oxygens (including phenoxy) is 2. The molecular weight excluding hydrogens is 336 g/mol. The van der Waals surface area contributed by atoms with Crippen LogP contribution in [-0.4, -0.2) is 6.16 Å². The number of benzene rings is 2. The fourth-order valence-electron chi connectivity index (χ4n) is 3.20. The topological polar surface area (TPSA) is 35.5 Å². The summed E-state index contributed by atoms with van der Waals surface area (Å²) in [5.74, 6) is 0.596. The van der Waals surface area contributed by atoms with Gasteiger partial charge in [0, 0.05) is 0 Å². The van der Waals surface area contributed by atoms with Crippen molar-refractivity contribution in [3.8, 4) is 5.75 Å². The molecule has 1 atom stereocenters. The first kappa shape index (κ1) is 21.0. The molecule has 3 heteroatoms. The number of para-hydroxylation sites is 1. The van der Waals surface area contributed by atoms with Crippen LogP contribution in [-0.2, 0) is 11.2 Å². The largest absolute Gasteiger partial charge is 0.514 e. The minimum absolute atomic E-state index is 0.265. The molecule has 0 heterocycles. The van der Waals surface area contributed by atoms with E-state index in [-0.39, 0.29) is 6.10 Å². The van der Waals surface area contributed by atoms with Gasteiger partial charge in [-0.1, -0.05) is 94.5 Å². The van der Waals surface area contributed by atoms with Gasteiger partial charge in [-0.3, -0.25) is 0 Å². The van der Waals surface area contributed by atoms with Crippen LogP contribution < -0.4 is 4.74 Å². The van der Waals surface area contributed by atoms with E-state index in [9.17, 15) is 4.79 Å². The summed E-state index contributed by atoms with van der Waals surface area (Å²) in [5.41, 5.74) is 2.06. The Hall–Kier alpha value is -2.29. The summed E-state index contributed by atoms with van der Waals surface area (Å²) in [6, 6.07) is 17.6. The van der Waals surface area contributed by atoms with Crippen molar-refractivity contribution in [1.82, 2.24) is 0 Å². The third-order valence-corrected chi connectivity index (χ3v) is 4.66. The summed E-state index contributed by atoms with van der Waals surface area (Å²) in [6.07, 6.45) is 7.72. The van der Waals surface area contributed by atoms with E-state index in [1.165, 1.54) is 19.3 Å². The van der Waals surface area contributed by atoms with Gasteiger partial charge in [0.15, 0.2) is 0 Å². The minimum atomic E-state index is -0.624. The number of aryl methyl sites for hydroxylation is 1. The van der Waals surface area contributed by atoms with E-state index >= 15 is 0 Å². The molecule has 0 aromatic heterocycles. The molecule has 2 aromatic rings. The molecule has 27 heavy (non-hydrogen) atoms. The van der Waals surface area contributed by atoms with E-state index in [2.05, 4.69) is 13.8 Å². The van der Waals surface area contributed by atoms with Crippen molar-refractivity contribution in [2.75, 3.05) is 0 Å². The van der Waals surface area contributed by atoms with Gasteiger partial charge in [0.25, 0.3) is 0 Å². The molecule has 0 aliphatic heterocycles. The molecule has 0 saturated heterocycles. The van der Waals surface area contributed by atoms with Gasteiger partial charge in [-0.2, -0.15) is 0 Å². The second-order valence-corrected chi connectivity index (χ2v) is 6.93. The van der Waals surface area contributed by atoms with Crippen LogP contribution in [0, 0.1) is 0 Å². The molecule has 0 radical (unpaired) electrons. The van der Waals surface area contributed by atoms with E-state index in [0.717, 1.165) is 43.2 Å². The highest BCUT2D eigenvalue weighted by molar-refractivity contribution is 5.65. The summed E-state index contributed by atoms with van der Waals surface area (Å²) in [4.78, 5) is 12.4. The molecule has 146 valence electrons. The third-order valence-electron chi connectivity index (χ3n) is 4.66. The molecule has 2 rings (SSSR count). The molecule has 3 nitrogen and oxygen atoms in total. The fraction of sp³-hybridized carbons (Fsp3) is 0.458. The lowest BCUT2D eigenvalue weighted by molar-refractivity contribution is 0.0525. The number of hydrogen-bond acceptors (Lipinski definition) is 3. The Morgan fingerprint density at radius 2 is 1.56 bits per heavy atom. The first-order valence-corrected chi connectivity index (χ1v) is 10.3. The Kier molecular flexibility index (Phi) is 9.47. The van der Waals surface area contributed by atoms with Crippen LogP contribution >= 0.6 is 0 Å². The first-order valence-electron chi connectivity index (χ1n) is 10.3. The molecule has 0 saturated carbocycles. The first-order chi connectivity index (χ1) is 13.2. The van der Waals surface area contributed by atoms with Crippen LogP contribution in [0.1, 0.15) is 76.0 Å². The molecule has 0 bridgehead atoms. The van der Waals surface area contributed by atoms with Gasteiger partial charge in [-0.25, -0.2) is 4.79 Å². The van der Waals surface area contributed by atoms with Gasteiger partial charge in [0.1, 0.15) is 11.9 Å². The summed E-state index contributed by atoms with van der Waals surface area (Å²) in [5, 5.41) is 0. The maximum absolute atomic E-state index is 12.4. The van der Waals surface area contributed by atoms with Crippen molar-refractivity contribution < 1.29 is 14.3 Å². The summed E-state index contributed by atoms with van der Waals surface area (Å²) < 4.78 is 11.3. The van der Waals surface area contributed by atoms with Crippen LogP contribution in [0.4, 0.5) is 4.79 Å². The summed E-state index contributed by atoms with van der Waals surface area (Å²) in [6.45, 7) is 4.32. The average Bonchev–Trinajstić information content (AvgIpc) is 2.69. The molecular formula is C24H32O3. The Morgan fingerprint density at radius 1 is 0.852 bits per heavy atom. The lowest BCUT2D eigenvalue weighted by atomic mass is 10.0. The highest BCUT2D eigenvalue weighted by Gasteiger charge is 2.19. The molecule has 0 N–H and O–H groups in total. The van der Waals surface area contributed by atoms with Crippen molar-refractivity contribution in [2.24, 2.45) is 0 Å². The molecule has 0 aliphatic carbocycles. The van der Waals surface area contributed by atoms with Crippen LogP contribution in [0.15, 0.2) is 54.6 Å². The number of carbonyl (C=O) groups excluding carboxylic acids is 1. The van der Waals surface area contributed by atoms with E-state index < -0.39 is 6.16 Å². The van der Waals surface area contributed by atoms with Crippen LogP contribution in [0.2, 0.25) is 0 Å². The Bertz CT molecular complexity index is 666. The van der Waals surface area contributed by atoms with Gasteiger partial charge in [-0.05, 0) is 36.5 Å². The zero-order valence-electron chi connectivity index (χ0n) is 16.7. The SMILES string of the molecule is CCCCCCCC(OC(=O)Oc1ccccc1CCC)c1ccccc1. The van der Waals surface area contributed by atoms with Crippen molar-refractivity contribution in [2.45, 2.75) is 71.3 Å².